The molecule has 0 saturated carbocycles. The fourth-order valence-electron chi connectivity index (χ4n) is 1.95. The zero-order chi connectivity index (χ0) is 18.2. The van der Waals surface area contributed by atoms with Crippen molar-refractivity contribution in [3.05, 3.63) is 52.6 Å². The maximum Gasteiger partial charge on any atom is 0.432 e. The molecule has 2 aromatic heterocycles. The van der Waals surface area contributed by atoms with Gasteiger partial charge in [0.25, 0.3) is 10.0 Å². The average molecular weight is 452 g/mol. The first kappa shape index (κ1) is 18.0. The van der Waals surface area contributed by atoms with Crippen LogP contribution in [0.15, 0.2) is 51.1 Å². The molecule has 3 aromatic rings. The van der Waals surface area contributed by atoms with E-state index in [1.165, 1.54) is 12.1 Å². The first-order valence-corrected chi connectivity index (χ1v) is 9.76. The molecule has 25 heavy (non-hydrogen) atoms. The summed E-state index contributed by atoms with van der Waals surface area (Å²) < 4.78 is 65.7. The molecule has 0 radical (unpaired) electrons. The van der Waals surface area contributed by atoms with Gasteiger partial charge in [0.2, 0.25) is 0 Å². The minimum Gasteiger partial charge on any atom is -0.279 e. The number of H-pyrrole nitrogens is 1. The molecule has 2 heterocycles. The lowest BCUT2D eigenvalue weighted by Crippen LogP contribution is -2.11. The van der Waals surface area contributed by atoms with Gasteiger partial charge in [-0.25, -0.2) is 8.42 Å². The molecule has 0 amide bonds. The number of sulfonamides is 1. The number of nitrogens with zero attached hydrogens (tertiary/aromatic N) is 1. The first-order chi connectivity index (χ1) is 11.6. The molecule has 5 nitrogen and oxygen atoms in total. The Bertz CT molecular complexity index is 1010. The van der Waals surface area contributed by atoms with Crippen molar-refractivity contribution in [2.45, 2.75) is 10.4 Å². The molecule has 0 atom stereocenters. The van der Waals surface area contributed by atoms with Crippen molar-refractivity contribution in [2.24, 2.45) is 0 Å². The summed E-state index contributed by atoms with van der Waals surface area (Å²) >= 11 is 4.07. The summed E-state index contributed by atoms with van der Waals surface area (Å²) in [5.41, 5.74) is -0.600. The Labute approximate surface area is 153 Å². The summed E-state index contributed by atoms with van der Waals surface area (Å²) in [6.07, 6.45) is -4.54. The molecule has 0 spiro atoms. The molecule has 3 rings (SSSR count). The van der Waals surface area contributed by atoms with Crippen LogP contribution in [0.2, 0.25) is 0 Å². The van der Waals surface area contributed by atoms with Crippen molar-refractivity contribution in [1.82, 2.24) is 10.2 Å². The van der Waals surface area contributed by atoms with Gasteiger partial charge in [-0.3, -0.25) is 9.82 Å². The molecule has 0 aliphatic carbocycles. The summed E-state index contributed by atoms with van der Waals surface area (Å²) in [4.78, 5) is 0.307. The highest BCUT2D eigenvalue weighted by Gasteiger charge is 2.33. The highest BCUT2D eigenvalue weighted by Crippen LogP contribution is 2.34. The molecule has 132 valence electrons. The molecule has 0 fully saturated rings. The van der Waals surface area contributed by atoms with Crippen LogP contribution in [0.1, 0.15) is 5.69 Å². The normalized spacial score (nSPS) is 12.3. The Balaban J connectivity index is 1.86. The third-order valence-corrected chi connectivity index (χ3v) is 6.53. The molecule has 11 heteroatoms. The number of aromatic nitrogens is 2. The van der Waals surface area contributed by atoms with Gasteiger partial charge in [-0.15, -0.1) is 11.3 Å². The molecule has 0 bridgehead atoms. The van der Waals surface area contributed by atoms with Gasteiger partial charge in [-0.2, -0.15) is 18.3 Å². The number of hydrogen-bond donors (Lipinski definition) is 2. The van der Waals surface area contributed by atoms with E-state index >= 15 is 0 Å². The quantitative estimate of drug-likeness (QED) is 0.602. The minimum atomic E-state index is -4.54. The lowest BCUT2D eigenvalue weighted by Gasteiger charge is -2.06. The number of anilines is 1. The molecule has 1 aromatic carbocycles. The van der Waals surface area contributed by atoms with Crippen LogP contribution in [-0.4, -0.2) is 18.6 Å². The van der Waals surface area contributed by atoms with E-state index in [2.05, 4.69) is 25.8 Å². The van der Waals surface area contributed by atoms with Gasteiger partial charge >= 0.3 is 6.18 Å². The number of nitrogens with one attached hydrogen (secondary N) is 2. The first-order valence-electron chi connectivity index (χ1n) is 6.66. The summed E-state index contributed by atoms with van der Waals surface area (Å²) in [6, 6.07) is 10.2. The zero-order valence-electron chi connectivity index (χ0n) is 12.1. The van der Waals surface area contributed by atoms with E-state index in [1.54, 1.807) is 24.3 Å². The van der Waals surface area contributed by atoms with Crippen LogP contribution in [-0.2, 0) is 16.2 Å². The van der Waals surface area contributed by atoms with E-state index in [4.69, 9.17) is 0 Å². The van der Waals surface area contributed by atoms with E-state index in [1.807, 2.05) is 5.10 Å². The van der Waals surface area contributed by atoms with E-state index in [0.29, 0.717) is 15.0 Å². The van der Waals surface area contributed by atoms with Crippen molar-refractivity contribution in [3.63, 3.8) is 0 Å². The number of thiophene rings is 1. The van der Waals surface area contributed by atoms with Crippen molar-refractivity contribution in [3.8, 4) is 10.6 Å². The van der Waals surface area contributed by atoms with Crippen LogP contribution >= 0.6 is 27.3 Å². The molecule has 2 N–H and O–H groups in total. The number of benzene rings is 1. The van der Waals surface area contributed by atoms with Crippen molar-refractivity contribution < 1.29 is 21.6 Å². The van der Waals surface area contributed by atoms with E-state index in [0.717, 1.165) is 17.4 Å². The van der Waals surface area contributed by atoms with Gasteiger partial charge in [-0.1, -0.05) is 22.0 Å². The third kappa shape index (κ3) is 4.05. The van der Waals surface area contributed by atoms with Gasteiger partial charge in [0, 0.05) is 10.2 Å². The molecule has 0 saturated heterocycles. The second-order valence-corrected chi connectivity index (χ2v) is 8.81. The Hall–Kier alpha value is -1.85. The van der Waals surface area contributed by atoms with Gasteiger partial charge in [0.15, 0.2) is 0 Å². The molecule has 0 aliphatic heterocycles. The second-order valence-electron chi connectivity index (χ2n) is 4.90. The van der Waals surface area contributed by atoms with Crippen LogP contribution in [0.3, 0.4) is 0 Å². The SMILES string of the molecule is O=S(=O)(Nc1cccc(Br)c1)c1ccc(-c2cc(C(F)(F)F)[nH]n2)s1. The Morgan fingerprint density at radius 1 is 1.16 bits per heavy atom. The highest BCUT2D eigenvalue weighted by molar-refractivity contribution is 9.10. The van der Waals surface area contributed by atoms with Crippen LogP contribution in [0.25, 0.3) is 10.6 Å². The largest absolute Gasteiger partial charge is 0.432 e. The maximum atomic E-state index is 12.6. The number of halogens is 4. The van der Waals surface area contributed by atoms with Crippen molar-refractivity contribution in [1.29, 1.82) is 0 Å². The van der Waals surface area contributed by atoms with Gasteiger partial charge in [-0.05, 0) is 36.4 Å². The zero-order valence-corrected chi connectivity index (χ0v) is 15.4. The smallest absolute Gasteiger partial charge is 0.279 e. The lowest BCUT2D eigenvalue weighted by atomic mass is 10.3. The maximum absolute atomic E-state index is 12.6. The fraction of sp³-hybridized carbons (Fsp3) is 0.0714. The Kier molecular flexibility index (Phi) is 4.64. The fourth-order valence-corrected chi connectivity index (χ4v) is 4.67. The lowest BCUT2D eigenvalue weighted by molar-refractivity contribution is -0.141. The number of alkyl halides is 3. The van der Waals surface area contributed by atoms with Crippen LogP contribution < -0.4 is 4.72 Å². The number of hydrogen-bond acceptors (Lipinski definition) is 4. The van der Waals surface area contributed by atoms with E-state index < -0.39 is 21.9 Å². The minimum absolute atomic E-state index is 0.0287. The predicted molar refractivity (Wildman–Crippen MR) is 91.9 cm³/mol. The highest BCUT2D eigenvalue weighted by atomic mass is 79.9. The molecular weight excluding hydrogens is 443 g/mol. The average Bonchev–Trinajstić information content (AvgIpc) is 3.16. The van der Waals surface area contributed by atoms with Crippen molar-refractivity contribution >= 4 is 43.0 Å². The van der Waals surface area contributed by atoms with Gasteiger partial charge in [0.05, 0.1) is 4.88 Å². The summed E-state index contributed by atoms with van der Waals surface area (Å²) in [6.45, 7) is 0. The van der Waals surface area contributed by atoms with Crippen LogP contribution in [0, 0.1) is 0 Å². The summed E-state index contributed by atoms with van der Waals surface area (Å²) in [5, 5.41) is 5.49. The van der Waals surface area contributed by atoms with Crippen LogP contribution in [0.5, 0.6) is 0 Å². The van der Waals surface area contributed by atoms with Crippen LogP contribution in [0.4, 0.5) is 18.9 Å². The third-order valence-electron chi connectivity index (χ3n) is 3.06. The number of aromatic amines is 1. The van der Waals surface area contributed by atoms with Gasteiger partial charge < -0.3 is 0 Å². The Morgan fingerprint density at radius 2 is 1.92 bits per heavy atom. The number of rotatable bonds is 4. The van der Waals surface area contributed by atoms with E-state index in [-0.39, 0.29) is 9.90 Å². The van der Waals surface area contributed by atoms with Gasteiger partial charge in [0.1, 0.15) is 15.6 Å². The topological polar surface area (TPSA) is 74.8 Å². The molecular formula is C14H9BrF3N3O2S2. The Morgan fingerprint density at radius 3 is 2.56 bits per heavy atom. The molecule has 0 aliphatic rings. The van der Waals surface area contributed by atoms with Crippen molar-refractivity contribution in [2.75, 3.05) is 4.72 Å². The predicted octanol–water partition coefficient (Wildman–Crippen LogP) is 4.72. The standard InChI is InChI=1S/C14H9BrF3N3O2S2/c15-8-2-1-3-9(6-8)21-25(22,23)13-5-4-11(24-13)10-7-12(20-19-10)14(16,17)18/h1-7,21H,(H,19,20). The second kappa shape index (κ2) is 6.46. The monoisotopic (exact) mass is 451 g/mol. The molecule has 0 unspecified atom stereocenters. The summed E-state index contributed by atoms with van der Waals surface area (Å²) in [5.74, 6) is 0. The summed E-state index contributed by atoms with van der Waals surface area (Å²) in [7, 11) is -3.85. The van der Waals surface area contributed by atoms with E-state index in [9.17, 15) is 21.6 Å².